The summed E-state index contributed by atoms with van der Waals surface area (Å²) in [7, 11) is 0. The molecule has 0 aliphatic heterocycles. The number of benzene rings is 1. The third-order valence-corrected chi connectivity index (χ3v) is 2.85. The minimum absolute atomic E-state index is 0.248. The minimum atomic E-state index is -0.352. The zero-order chi connectivity index (χ0) is 13.7. The van der Waals surface area contributed by atoms with E-state index in [9.17, 15) is 4.79 Å². The summed E-state index contributed by atoms with van der Waals surface area (Å²) in [6.07, 6.45) is 2.46. The van der Waals surface area contributed by atoms with Gasteiger partial charge in [0, 0.05) is 0 Å². The highest BCUT2D eigenvalue weighted by atomic mass is 16.3. The molecule has 2 aromatic rings. The molecule has 0 spiro atoms. The highest BCUT2D eigenvalue weighted by Gasteiger charge is 2.07. The molecule has 98 valence electrons. The molecule has 0 aliphatic rings. The molecule has 19 heavy (non-hydrogen) atoms. The SMILES string of the molecule is CCc1ccc(/C(C)=N\NC(=O)c2ccco2)cc1. The first-order valence-electron chi connectivity index (χ1n) is 6.18. The van der Waals surface area contributed by atoms with E-state index in [0.29, 0.717) is 0 Å². The van der Waals surface area contributed by atoms with Crippen molar-refractivity contribution in [3.8, 4) is 0 Å². The van der Waals surface area contributed by atoms with Crippen molar-refractivity contribution in [2.24, 2.45) is 5.10 Å². The van der Waals surface area contributed by atoms with E-state index < -0.39 is 0 Å². The molecule has 1 aromatic carbocycles. The van der Waals surface area contributed by atoms with Gasteiger partial charge in [0.05, 0.1) is 12.0 Å². The quantitative estimate of drug-likeness (QED) is 0.675. The summed E-state index contributed by atoms with van der Waals surface area (Å²) in [6.45, 7) is 3.96. The Bertz CT molecular complexity index is 569. The minimum Gasteiger partial charge on any atom is -0.459 e. The maximum Gasteiger partial charge on any atom is 0.307 e. The van der Waals surface area contributed by atoms with Gasteiger partial charge in [-0.2, -0.15) is 5.10 Å². The predicted octanol–water partition coefficient (Wildman–Crippen LogP) is 3.00. The van der Waals surface area contributed by atoms with E-state index in [-0.39, 0.29) is 11.7 Å². The van der Waals surface area contributed by atoms with E-state index in [1.807, 2.05) is 19.1 Å². The van der Waals surface area contributed by atoms with E-state index in [0.717, 1.165) is 17.7 Å². The van der Waals surface area contributed by atoms with E-state index in [4.69, 9.17) is 4.42 Å². The highest BCUT2D eigenvalue weighted by Crippen LogP contribution is 2.06. The normalized spacial score (nSPS) is 11.4. The Morgan fingerprint density at radius 1 is 1.26 bits per heavy atom. The van der Waals surface area contributed by atoms with Gasteiger partial charge in [0.2, 0.25) is 0 Å². The Labute approximate surface area is 112 Å². The number of amides is 1. The van der Waals surface area contributed by atoms with Crippen LogP contribution in [0.25, 0.3) is 0 Å². The summed E-state index contributed by atoms with van der Waals surface area (Å²) >= 11 is 0. The van der Waals surface area contributed by atoms with Crippen molar-refractivity contribution in [2.45, 2.75) is 20.3 Å². The number of hydrazone groups is 1. The molecule has 0 bridgehead atoms. The number of carbonyl (C=O) groups is 1. The first kappa shape index (κ1) is 13.1. The number of aryl methyl sites for hydroxylation is 1. The van der Waals surface area contributed by atoms with Gasteiger partial charge in [-0.3, -0.25) is 4.79 Å². The third-order valence-electron chi connectivity index (χ3n) is 2.85. The van der Waals surface area contributed by atoms with Crippen molar-refractivity contribution < 1.29 is 9.21 Å². The molecule has 2 rings (SSSR count). The molecule has 4 heteroatoms. The van der Waals surface area contributed by atoms with E-state index >= 15 is 0 Å². The van der Waals surface area contributed by atoms with Crippen LogP contribution in [0.5, 0.6) is 0 Å². The second-order valence-electron chi connectivity index (χ2n) is 4.17. The van der Waals surface area contributed by atoms with Crippen LogP contribution < -0.4 is 5.43 Å². The van der Waals surface area contributed by atoms with Gasteiger partial charge in [0.25, 0.3) is 0 Å². The van der Waals surface area contributed by atoms with Crippen LogP contribution >= 0.6 is 0 Å². The van der Waals surface area contributed by atoms with E-state index in [1.54, 1.807) is 12.1 Å². The third kappa shape index (κ3) is 3.31. The Morgan fingerprint density at radius 3 is 2.58 bits per heavy atom. The lowest BCUT2D eigenvalue weighted by atomic mass is 10.1. The van der Waals surface area contributed by atoms with E-state index in [2.05, 4.69) is 29.6 Å². The van der Waals surface area contributed by atoms with Crippen LogP contribution in [0.3, 0.4) is 0 Å². The van der Waals surface area contributed by atoms with Crippen LogP contribution in [0.4, 0.5) is 0 Å². The first-order valence-corrected chi connectivity index (χ1v) is 6.18. The van der Waals surface area contributed by atoms with Gasteiger partial charge in [-0.1, -0.05) is 31.2 Å². The Hall–Kier alpha value is -2.36. The summed E-state index contributed by atoms with van der Waals surface area (Å²) < 4.78 is 4.98. The zero-order valence-corrected chi connectivity index (χ0v) is 11.0. The largest absolute Gasteiger partial charge is 0.459 e. The monoisotopic (exact) mass is 256 g/mol. The van der Waals surface area contributed by atoms with Crippen LogP contribution in [0.1, 0.15) is 35.5 Å². The molecule has 4 nitrogen and oxygen atoms in total. The number of hydrogen-bond acceptors (Lipinski definition) is 3. The molecule has 0 saturated heterocycles. The maximum absolute atomic E-state index is 11.6. The number of rotatable bonds is 4. The topological polar surface area (TPSA) is 54.6 Å². The number of carbonyl (C=O) groups excluding carboxylic acids is 1. The van der Waals surface area contributed by atoms with Gasteiger partial charge in [0.15, 0.2) is 5.76 Å². The van der Waals surface area contributed by atoms with Crippen molar-refractivity contribution in [1.29, 1.82) is 0 Å². The average molecular weight is 256 g/mol. The Morgan fingerprint density at radius 2 is 2.00 bits per heavy atom. The Balaban J connectivity index is 2.04. The van der Waals surface area contributed by atoms with E-state index in [1.165, 1.54) is 11.8 Å². The van der Waals surface area contributed by atoms with Gasteiger partial charge in [-0.25, -0.2) is 5.43 Å². The zero-order valence-electron chi connectivity index (χ0n) is 11.0. The van der Waals surface area contributed by atoms with Crippen molar-refractivity contribution in [3.05, 3.63) is 59.5 Å². The first-order chi connectivity index (χ1) is 9.20. The molecule has 1 heterocycles. The number of nitrogens with one attached hydrogen (secondary N) is 1. The fourth-order valence-electron chi connectivity index (χ4n) is 1.64. The van der Waals surface area contributed by atoms with Gasteiger partial charge in [0.1, 0.15) is 0 Å². The van der Waals surface area contributed by atoms with Gasteiger partial charge < -0.3 is 4.42 Å². The van der Waals surface area contributed by atoms with Gasteiger partial charge >= 0.3 is 5.91 Å². The molecule has 0 saturated carbocycles. The van der Waals surface area contributed by atoms with Crippen LogP contribution in [0.2, 0.25) is 0 Å². The second kappa shape index (κ2) is 6.00. The molecular weight excluding hydrogens is 240 g/mol. The fourth-order valence-corrected chi connectivity index (χ4v) is 1.64. The average Bonchev–Trinajstić information content (AvgIpc) is 2.98. The highest BCUT2D eigenvalue weighted by molar-refractivity contribution is 6.00. The van der Waals surface area contributed by atoms with Crippen LogP contribution in [-0.4, -0.2) is 11.6 Å². The van der Waals surface area contributed by atoms with Gasteiger partial charge in [-0.05, 0) is 36.6 Å². The summed E-state index contributed by atoms with van der Waals surface area (Å²) in [5.74, 6) is -0.104. The fraction of sp³-hybridized carbons (Fsp3) is 0.200. The van der Waals surface area contributed by atoms with Crippen molar-refractivity contribution in [1.82, 2.24) is 5.43 Å². The van der Waals surface area contributed by atoms with Crippen LogP contribution in [-0.2, 0) is 6.42 Å². The molecule has 0 unspecified atom stereocenters. The molecular formula is C15H16N2O2. The van der Waals surface area contributed by atoms with Crippen LogP contribution in [0.15, 0.2) is 52.2 Å². The van der Waals surface area contributed by atoms with Gasteiger partial charge in [-0.15, -0.1) is 0 Å². The Kier molecular flexibility index (Phi) is 4.13. The molecule has 1 amide bonds. The molecule has 0 atom stereocenters. The summed E-state index contributed by atoms with van der Waals surface area (Å²) in [5.41, 5.74) is 5.48. The maximum atomic E-state index is 11.6. The molecule has 0 fully saturated rings. The number of furan rings is 1. The summed E-state index contributed by atoms with van der Waals surface area (Å²) in [5, 5.41) is 4.06. The lowest BCUT2D eigenvalue weighted by Crippen LogP contribution is -2.18. The summed E-state index contributed by atoms with van der Waals surface area (Å²) in [4.78, 5) is 11.6. The lowest BCUT2D eigenvalue weighted by Gasteiger charge is -2.03. The summed E-state index contributed by atoms with van der Waals surface area (Å²) in [6, 6.07) is 11.4. The molecule has 0 aliphatic carbocycles. The second-order valence-corrected chi connectivity index (χ2v) is 4.17. The molecule has 1 aromatic heterocycles. The van der Waals surface area contributed by atoms with Crippen molar-refractivity contribution in [3.63, 3.8) is 0 Å². The number of nitrogens with zero attached hydrogens (tertiary/aromatic N) is 1. The number of hydrogen-bond donors (Lipinski definition) is 1. The lowest BCUT2D eigenvalue weighted by molar-refractivity contribution is 0.0927. The standard InChI is InChI=1S/C15H16N2O2/c1-3-12-6-8-13(9-7-12)11(2)16-17-15(18)14-5-4-10-19-14/h4-10H,3H2,1-2H3,(H,17,18)/b16-11-. The van der Waals surface area contributed by atoms with Crippen molar-refractivity contribution in [2.75, 3.05) is 0 Å². The van der Waals surface area contributed by atoms with Crippen molar-refractivity contribution >= 4 is 11.6 Å². The molecule has 1 N–H and O–H groups in total. The van der Waals surface area contributed by atoms with Crippen LogP contribution in [0, 0.1) is 0 Å². The predicted molar refractivity (Wildman–Crippen MR) is 74.2 cm³/mol. The smallest absolute Gasteiger partial charge is 0.307 e. The molecule has 0 radical (unpaired) electrons.